The van der Waals surface area contributed by atoms with Crippen LogP contribution in [0, 0.1) is 11.3 Å². The molecule has 0 fully saturated rings. The Morgan fingerprint density at radius 3 is 2.72 bits per heavy atom. The van der Waals surface area contributed by atoms with Crippen molar-refractivity contribution in [2.45, 2.75) is 11.1 Å². The van der Waals surface area contributed by atoms with Gasteiger partial charge in [-0.15, -0.1) is 0 Å². The SMILES string of the molecule is N#C/C(=C1\Nc2ccc(C(=O)O)cc2S1)c1nccc(C(F)(F)F)n1. The van der Waals surface area contributed by atoms with Crippen LogP contribution >= 0.6 is 11.8 Å². The van der Waals surface area contributed by atoms with Gasteiger partial charge in [0, 0.05) is 11.1 Å². The average Bonchev–Trinajstić information content (AvgIpc) is 2.97. The molecular formula is C15H7F3N4O2S. The van der Waals surface area contributed by atoms with Gasteiger partial charge in [0.2, 0.25) is 0 Å². The highest BCUT2D eigenvalue weighted by molar-refractivity contribution is 8.04. The van der Waals surface area contributed by atoms with Gasteiger partial charge >= 0.3 is 12.1 Å². The maximum absolute atomic E-state index is 12.8. The van der Waals surface area contributed by atoms with Gasteiger partial charge in [0.05, 0.1) is 16.3 Å². The smallest absolute Gasteiger partial charge is 0.433 e. The van der Waals surface area contributed by atoms with Crippen molar-refractivity contribution in [2.75, 3.05) is 5.32 Å². The summed E-state index contributed by atoms with van der Waals surface area (Å²) in [7, 11) is 0. The Morgan fingerprint density at radius 2 is 2.08 bits per heavy atom. The van der Waals surface area contributed by atoms with Gasteiger partial charge in [-0.1, -0.05) is 11.8 Å². The van der Waals surface area contributed by atoms with Crippen LogP contribution < -0.4 is 5.32 Å². The van der Waals surface area contributed by atoms with E-state index in [1.807, 2.05) is 0 Å². The van der Waals surface area contributed by atoms with Crippen molar-refractivity contribution in [2.24, 2.45) is 0 Å². The molecule has 1 aliphatic heterocycles. The molecule has 2 aromatic rings. The summed E-state index contributed by atoms with van der Waals surface area (Å²) < 4.78 is 38.3. The predicted octanol–water partition coefficient (Wildman–Crippen LogP) is 3.60. The number of nitrogens with one attached hydrogen (secondary N) is 1. The first kappa shape index (κ1) is 16.8. The highest BCUT2D eigenvalue weighted by Gasteiger charge is 2.33. The van der Waals surface area contributed by atoms with Gasteiger partial charge in [-0.2, -0.15) is 18.4 Å². The number of rotatable bonds is 2. The second-order valence-electron chi connectivity index (χ2n) is 4.82. The van der Waals surface area contributed by atoms with Gasteiger partial charge in [0.15, 0.2) is 5.82 Å². The van der Waals surface area contributed by atoms with Crippen LogP contribution in [0.1, 0.15) is 21.9 Å². The molecule has 0 radical (unpaired) electrons. The molecule has 0 saturated heterocycles. The maximum atomic E-state index is 12.8. The first-order valence-corrected chi connectivity index (χ1v) is 7.48. The van der Waals surface area contributed by atoms with Gasteiger partial charge in [-0.25, -0.2) is 14.8 Å². The van der Waals surface area contributed by atoms with Crippen molar-refractivity contribution in [3.8, 4) is 6.07 Å². The number of aromatic nitrogens is 2. The van der Waals surface area contributed by atoms with E-state index in [1.165, 1.54) is 18.2 Å². The van der Waals surface area contributed by atoms with Crippen LogP contribution in [-0.2, 0) is 6.18 Å². The molecule has 3 rings (SSSR count). The molecule has 1 aliphatic rings. The number of hydrogen-bond acceptors (Lipinski definition) is 6. The highest BCUT2D eigenvalue weighted by atomic mass is 32.2. The zero-order valence-corrected chi connectivity index (χ0v) is 12.9. The number of benzene rings is 1. The number of nitriles is 1. The van der Waals surface area contributed by atoms with E-state index in [2.05, 4.69) is 15.3 Å². The summed E-state index contributed by atoms with van der Waals surface area (Å²) in [5, 5.41) is 21.5. The number of fused-ring (bicyclic) bond motifs is 1. The number of halogens is 3. The first-order chi connectivity index (χ1) is 11.8. The fourth-order valence-corrected chi connectivity index (χ4v) is 3.09. The zero-order chi connectivity index (χ0) is 18.2. The monoisotopic (exact) mass is 364 g/mol. The van der Waals surface area contributed by atoms with Crippen LogP contribution in [0.15, 0.2) is 40.4 Å². The lowest BCUT2D eigenvalue weighted by Gasteiger charge is -2.07. The third kappa shape index (κ3) is 3.27. The Hall–Kier alpha value is -3.06. The second kappa shape index (κ2) is 6.10. The van der Waals surface area contributed by atoms with Crippen LogP contribution in [0.5, 0.6) is 0 Å². The molecule has 0 bridgehead atoms. The summed E-state index contributed by atoms with van der Waals surface area (Å²) in [6.45, 7) is 0. The molecule has 1 aromatic heterocycles. The van der Waals surface area contributed by atoms with Crippen LogP contribution in [0.3, 0.4) is 0 Å². The fourth-order valence-electron chi connectivity index (χ4n) is 2.05. The summed E-state index contributed by atoms with van der Waals surface area (Å²) >= 11 is 1.03. The van der Waals surface area contributed by atoms with Crippen molar-refractivity contribution in [1.29, 1.82) is 5.26 Å². The number of aromatic carboxylic acids is 1. The molecule has 1 aromatic carbocycles. The number of thioether (sulfide) groups is 1. The Morgan fingerprint density at radius 1 is 1.32 bits per heavy atom. The number of alkyl halides is 3. The second-order valence-corrected chi connectivity index (χ2v) is 5.87. The van der Waals surface area contributed by atoms with Gasteiger partial charge in [-0.3, -0.25) is 0 Å². The molecule has 0 aliphatic carbocycles. The summed E-state index contributed by atoms with van der Waals surface area (Å²) in [6.07, 6.45) is -3.73. The quantitative estimate of drug-likeness (QED) is 0.786. The van der Waals surface area contributed by atoms with Crippen molar-refractivity contribution in [3.63, 3.8) is 0 Å². The van der Waals surface area contributed by atoms with Gasteiger partial charge in [0.1, 0.15) is 17.3 Å². The van der Waals surface area contributed by atoms with Crippen LogP contribution in [0.4, 0.5) is 18.9 Å². The molecule has 0 amide bonds. The number of allylic oxidation sites excluding steroid dienone is 1. The van der Waals surface area contributed by atoms with E-state index in [0.717, 1.165) is 18.0 Å². The highest BCUT2D eigenvalue weighted by Crippen LogP contribution is 2.44. The Labute approximate surface area is 143 Å². The summed E-state index contributed by atoms with van der Waals surface area (Å²) in [4.78, 5) is 18.7. The predicted molar refractivity (Wildman–Crippen MR) is 82.4 cm³/mol. The number of nitrogens with zero attached hydrogens (tertiary/aromatic N) is 3. The fraction of sp³-hybridized carbons (Fsp3) is 0.0667. The number of carboxylic acid groups (broad SMARTS) is 1. The van der Waals surface area contributed by atoms with Gasteiger partial charge in [0.25, 0.3) is 0 Å². The van der Waals surface area contributed by atoms with Crippen molar-refractivity contribution in [1.82, 2.24) is 9.97 Å². The summed E-state index contributed by atoms with van der Waals surface area (Å²) in [5.41, 5.74) is -0.712. The number of carboxylic acids is 1. The molecule has 0 atom stereocenters. The topological polar surface area (TPSA) is 98.9 Å². The Balaban J connectivity index is 2.02. The van der Waals surface area contributed by atoms with Gasteiger partial charge < -0.3 is 10.4 Å². The Kier molecular flexibility index (Phi) is 4.10. The Bertz CT molecular complexity index is 951. The van der Waals surface area contributed by atoms with Crippen LogP contribution in [0.2, 0.25) is 0 Å². The molecule has 10 heteroatoms. The van der Waals surface area contributed by atoms with E-state index in [0.29, 0.717) is 16.6 Å². The van der Waals surface area contributed by atoms with Gasteiger partial charge in [-0.05, 0) is 24.3 Å². The van der Waals surface area contributed by atoms with E-state index >= 15 is 0 Å². The third-order valence-electron chi connectivity index (χ3n) is 3.20. The lowest BCUT2D eigenvalue weighted by molar-refractivity contribution is -0.141. The van der Waals surface area contributed by atoms with E-state index in [4.69, 9.17) is 5.11 Å². The van der Waals surface area contributed by atoms with Crippen molar-refractivity contribution < 1.29 is 23.1 Å². The number of hydrogen-bond donors (Lipinski definition) is 2. The molecule has 0 unspecified atom stereocenters. The third-order valence-corrected chi connectivity index (χ3v) is 4.27. The summed E-state index contributed by atoms with van der Waals surface area (Å²) in [5.74, 6) is -1.47. The van der Waals surface area contributed by atoms with Crippen LogP contribution in [-0.4, -0.2) is 21.0 Å². The van der Waals surface area contributed by atoms with E-state index in [9.17, 15) is 23.2 Å². The van der Waals surface area contributed by atoms with Crippen molar-refractivity contribution >= 4 is 29.0 Å². The minimum absolute atomic E-state index is 0.0585. The molecule has 126 valence electrons. The lowest BCUT2D eigenvalue weighted by atomic mass is 10.2. The maximum Gasteiger partial charge on any atom is 0.433 e. The molecule has 2 N–H and O–H groups in total. The minimum atomic E-state index is -4.65. The molecule has 2 heterocycles. The number of anilines is 1. The van der Waals surface area contributed by atoms with E-state index < -0.39 is 17.8 Å². The zero-order valence-electron chi connectivity index (χ0n) is 12.1. The molecule has 0 saturated carbocycles. The average molecular weight is 364 g/mol. The molecule has 0 spiro atoms. The summed E-state index contributed by atoms with van der Waals surface area (Å²) in [6, 6.07) is 6.81. The molecule has 25 heavy (non-hydrogen) atoms. The first-order valence-electron chi connectivity index (χ1n) is 6.67. The van der Waals surface area contributed by atoms with E-state index in [-0.39, 0.29) is 22.0 Å². The number of carbonyl (C=O) groups is 1. The molecular weight excluding hydrogens is 357 g/mol. The van der Waals surface area contributed by atoms with Crippen molar-refractivity contribution in [3.05, 3.63) is 52.6 Å². The van der Waals surface area contributed by atoms with Crippen LogP contribution in [0.25, 0.3) is 5.57 Å². The largest absolute Gasteiger partial charge is 0.478 e. The normalized spacial score (nSPS) is 15.1. The molecule has 6 nitrogen and oxygen atoms in total. The lowest BCUT2D eigenvalue weighted by Crippen LogP contribution is -2.10. The standard InChI is InChI=1S/C15H7F3N4O2S/c16-15(17,18)11-3-4-20-12(22-11)8(6-19)13-21-9-2-1-7(14(23)24)5-10(9)25-13/h1-5,21H,(H,23,24)/b13-8-. The minimum Gasteiger partial charge on any atom is -0.478 e. The van der Waals surface area contributed by atoms with E-state index in [1.54, 1.807) is 6.07 Å².